The molecule has 4 nitrogen and oxygen atoms in total. The molecule has 0 saturated carbocycles. The van der Waals surface area contributed by atoms with Crippen molar-refractivity contribution >= 4 is 16.7 Å². The first-order valence-corrected chi connectivity index (χ1v) is 7.80. The van der Waals surface area contributed by atoms with E-state index in [0.717, 1.165) is 16.7 Å². The largest absolute Gasteiger partial charge is 0.369 e. The molecule has 0 bridgehead atoms. The number of hydrogen-bond donors (Lipinski definition) is 1. The predicted molar refractivity (Wildman–Crippen MR) is 82.5 cm³/mol. The second-order valence-corrected chi connectivity index (χ2v) is 6.04. The number of primary amides is 1. The van der Waals surface area contributed by atoms with E-state index in [0.29, 0.717) is 11.3 Å². The third-order valence-corrected chi connectivity index (χ3v) is 4.19. The van der Waals surface area contributed by atoms with Crippen molar-refractivity contribution in [1.29, 1.82) is 5.26 Å². The van der Waals surface area contributed by atoms with Crippen molar-refractivity contribution < 1.29 is 9.00 Å². The molecule has 2 N–H and O–H groups in total. The van der Waals surface area contributed by atoms with Crippen LogP contribution in [0.15, 0.2) is 48.5 Å². The molecule has 0 aliphatic heterocycles. The predicted octanol–water partition coefficient (Wildman–Crippen LogP) is 1.96. The molecule has 21 heavy (non-hydrogen) atoms. The zero-order chi connectivity index (χ0) is 15.2. The molecule has 1 atom stereocenters. The van der Waals surface area contributed by atoms with Crippen molar-refractivity contribution in [3.63, 3.8) is 0 Å². The summed E-state index contributed by atoms with van der Waals surface area (Å²) in [6.07, 6.45) is 0. The lowest BCUT2D eigenvalue weighted by atomic mass is 10.0. The van der Waals surface area contributed by atoms with Crippen LogP contribution in [0.1, 0.15) is 11.1 Å². The van der Waals surface area contributed by atoms with Crippen molar-refractivity contribution in [3.8, 4) is 17.2 Å². The first-order valence-electron chi connectivity index (χ1n) is 6.31. The average Bonchev–Trinajstić information content (AvgIpc) is 2.47. The number of nitrogens with two attached hydrogens (primary N) is 1. The second kappa shape index (κ2) is 6.82. The summed E-state index contributed by atoms with van der Waals surface area (Å²) in [4.78, 5) is 10.7. The second-order valence-electron chi connectivity index (χ2n) is 4.58. The SMILES string of the molecule is N#Cc1ccc(-c2ccc(C[S@](=O)CC(N)=O)cc2)cc1. The zero-order valence-electron chi connectivity index (χ0n) is 11.3. The number of carbonyl (C=O) groups excluding carboxylic acids is 1. The summed E-state index contributed by atoms with van der Waals surface area (Å²) < 4.78 is 11.6. The molecule has 5 heteroatoms. The van der Waals surface area contributed by atoms with E-state index in [1.54, 1.807) is 12.1 Å². The van der Waals surface area contributed by atoms with Gasteiger partial charge in [-0.3, -0.25) is 9.00 Å². The molecule has 0 fully saturated rings. The minimum atomic E-state index is -1.27. The first kappa shape index (κ1) is 14.9. The van der Waals surface area contributed by atoms with Crippen LogP contribution in [0, 0.1) is 11.3 Å². The minimum Gasteiger partial charge on any atom is -0.369 e. The first-order chi connectivity index (χ1) is 10.1. The van der Waals surface area contributed by atoms with Crippen molar-refractivity contribution in [2.75, 3.05) is 5.75 Å². The van der Waals surface area contributed by atoms with Gasteiger partial charge in [-0.1, -0.05) is 36.4 Å². The summed E-state index contributed by atoms with van der Waals surface area (Å²) in [6, 6.07) is 17.0. The van der Waals surface area contributed by atoms with Crippen LogP contribution in [-0.2, 0) is 21.3 Å². The van der Waals surface area contributed by atoms with E-state index in [1.807, 2.05) is 36.4 Å². The van der Waals surface area contributed by atoms with Crippen LogP contribution in [0.25, 0.3) is 11.1 Å². The Bertz CT molecular complexity index is 701. The van der Waals surface area contributed by atoms with Gasteiger partial charge in [0.1, 0.15) is 5.75 Å². The summed E-state index contributed by atoms with van der Waals surface area (Å²) in [5.41, 5.74) is 8.56. The van der Waals surface area contributed by atoms with Gasteiger partial charge in [-0.2, -0.15) is 5.26 Å². The minimum absolute atomic E-state index is 0.114. The molecule has 0 unspecified atom stereocenters. The summed E-state index contributed by atoms with van der Waals surface area (Å²) >= 11 is 0. The summed E-state index contributed by atoms with van der Waals surface area (Å²) in [5.74, 6) is -0.351. The number of benzene rings is 2. The van der Waals surface area contributed by atoms with E-state index in [-0.39, 0.29) is 5.75 Å². The van der Waals surface area contributed by atoms with Crippen molar-refractivity contribution in [2.45, 2.75) is 5.75 Å². The Labute approximate surface area is 125 Å². The topological polar surface area (TPSA) is 83.9 Å². The lowest BCUT2D eigenvalue weighted by Crippen LogP contribution is -2.20. The maximum Gasteiger partial charge on any atom is 0.230 e. The smallest absolute Gasteiger partial charge is 0.230 e. The maximum absolute atomic E-state index is 11.6. The van der Waals surface area contributed by atoms with Crippen LogP contribution in [0.5, 0.6) is 0 Å². The fourth-order valence-electron chi connectivity index (χ4n) is 1.93. The van der Waals surface area contributed by atoms with Gasteiger partial charge in [0.15, 0.2) is 0 Å². The number of carbonyl (C=O) groups is 1. The molecule has 0 saturated heterocycles. The van der Waals surface area contributed by atoms with E-state index in [2.05, 4.69) is 6.07 Å². The van der Waals surface area contributed by atoms with E-state index >= 15 is 0 Å². The van der Waals surface area contributed by atoms with Crippen LogP contribution in [0.3, 0.4) is 0 Å². The van der Waals surface area contributed by atoms with Gasteiger partial charge in [0, 0.05) is 16.6 Å². The van der Waals surface area contributed by atoms with E-state index in [9.17, 15) is 9.00 Å². The van der Waals surface area contributed by atoms with E-state index < -0.39 is 16.7 Å². The van der Waals surface area contributed by atoms with Gasteiger partial charge in [-0.25, -0.2) is 0 Å². The number of hydrogen-bond acceptors (Lipinski definition) is 3. The van der Waals surface area contributed by atoms with E-state index in [4.69, 9.17) is 11.0 Å². The highest BCUT2D eigenvalue weighted by Crippen LogP contribution is 2.20. The highest BCUT2D eigenvalue weighted by atomic mass is 32.2. The van der Waals surface area contributed by atoms with E-state index in [1.165, 1.54) is 0 Å². The Morgan fingerprint density at radius 1 is 1.05 bits per heavy atom. The third-order valence-electron chi connectivity index (χ3n) is 2.93. The van der Waals surface area contributed by atoms with Gasteiger partial charge in [0.05, 0.1) is 11.6 Å². The molecule has 0 aliphatic rings. The Kier molecular flexibility index (Phi) is 4.85. The highest BCUT2D eigenvalue weighted by Gasteiger charge is 2.06. The lowest BCUT2D eigenvalue weighted by molar-refractivity contribution is -0.115. The fraction of sp³-hybridized carbons (Fsp3) is 0.125. The maximum atomic E-state index is 11.6. The molecule has 2 rings (SSSR count). The monoisotopic (exact) mass is 298 g/mol. The van der Waals surface area contributed by atoms with Crippen molar-refractivity contribution in [3.05, 3.63) is 59.7 Å². The van der Waals surface area contributed by atoms with Gasteiger partial charge in [0.25, 0.3) is 0 Å². The normalized spacial score (nSPS) is 11.6. The Morgan fingerprint density at radius 2 is 1.57 bits per heavy atom. The molecular weight excluding hydrogens is 284 g/mol. The van der Waals surface area contributed by atoms with Crippen molar-refractivity contribution in [1.82, 2.24) is 0 Å². The molecule has 106 valence electrons. The quantitative estimate of drug-likeness (QED) is 0.915. The van der Waals surface area contributed by atoms with Crippen LogP contribution >= 0.6 is 0 Å². The molecule has 0 aliphatic carbocycles. The number of rotatable bonds is 5. The standard InChI is InChI=1S/C16H14N2O2S/c17-9-12-1-5-14(6-2-12)15-7-3-13(4-8-15)10-21(20)11-16(18)19/h1-8H,10-11H2,(H2,18,19)/t21-/m0/s1. The number of amides is 1. The average molecular weight is 298 g/mol. The van der Waals surface area contributed by atoms with Gasteiger partial charge in [0.2, 0.25) is 5.91 Å². The van der Waals surface area contributed by atoms with Gasteiger partial charge in [-0.05, 0) is 28.8 Å². The fourth-order valence-corrected chi connectivity index (χ4v) is 2.91. The van der Waals surface area contributed by atoms with Crippen LogP contribution in [0.4, 0.5) is 0 Å². The summed E-state index contributed by atoms with van der Waals surface area (Å²) in [7, 11) is -1.27. The zero-order valence-corrected chi connectivity index (χ0v) is 12.1. The molecule has 0 aromatic heterocycles. The number of nitriles is 1. The Morgan fingerprint density at radius 3 is 2.05 bits per heavy atom. The Balaban J connectivity index is 2.09. The van der Waals surface area contributed by atoms with Gasteiger partial charge >= 0.3 is 0 Å². The third kappa shape index (κ3) is 4.26. The molecule has 2 aromatic rings. The molecule has 2 aromatic carbocycles. The van der Waals surface area contributed by atoms with Gasteiger partial charge < -0.3 is 5.73 Å². The molecule has 0 spiro atoms. The van der Waals surface area contributed by atoms with Crippen LogP contribution in [-0.4, -0.2) is 15.9 Å². The van der Waals surface area contributed by atoms with Gasteiger partial charge in [-0.15, -0.1) is 0 Å². The molecule has 0 heterocycles. The van der Waals surface area contributed by atoms with Crippen LogP contribution < -0.4 is 5.73 Å². The Hall–Kier alpha value is -2.45. The van der Waals surface area contributed by atoms with Crippen LogP contribution in [0.2, 0.25) is 0 Å². The summed E-state index contributed by atoms with van der Waals surface area (Å²) in [6.45, 7) is 0. The molecule has 1 amide bonds. The summed E-state index contributed by atoms with van der Waals surface area (Å²) in [5, 5.41) is 8.77. The molecule has 0 radical (unpaired) electrons. The van der Waals surface area contributed by atoms with Crippen molar-refractivity contribution in [2.24, 2.45) is 5.73 Å². The molecular formula is C16H14N2O2S. The lowest BCUT2D eigenvalue weighted by Gasteiger charge is -2.04. The number of nitrogens with zero attached hydrogens (tertiary/aromatic N) is 1. The highest BCUT2D eigenvalue weighted by molar-refractivity contribution is 7.84.